The molecule has 0 amide bonds. The third kappa shape index (κ3) is 8.52. The molecule has 0 N–H and O–H groups in total. The highest BCUT2D eigenvalue weighted by Gasteiger charge is 2.34. The lowest BCUT2D eigenvalue weighted by Gasteiger charge is -2.27. The molecular weight excluding hydrogens is 395 g/mol. The second kappa shape index (κ2) is 12.0. The monoisotopic (exact) mass is 421 g/mol. The largest absolute Gasteiger partial charge is 0.494 e. The molecule has 0 aliphatic carbocycles. The van der Waals surface area contributed by atoms with Gasteiger partial charge in [0.15, 0.2) is 0 Å². The van der Waals surface area contributed by atoms with Gasteiger partial charge in [0.2, 0.25) is 0 Å². The average Bonchev–Trinajstić information content (AvgIpc) is 2.64. The summed E-state index contributed by atoms with van der Waals surface area (Å²) in [5, 5.41) is 0. The predicted octanol–water partition coefficient (Wildman–Crippen LogP) is 4.57. The van der Waals surface area contributed by atoms with Crippen LogP contribution < -0.4 is 4.74 Å². The third-order valence-electron chi connectivity index (χ3n) is 4.40. The molecule has 1 aliphatic rings. The van der Waals surface area contributed by atoms with Crippen LogP contribution in [0.4, 0.5) is 13.2 Å². The molecule has 1 heterocycles. The Hall–Kier alpha value is -1.73. The lowest BCUT2D eigenvalue weighted by atomic mass is 10.1. The SMILES string of the molecule is CCOC(=O)CCCOc1ccc(CCN2CC=C(C(F)(F)F)CC2)cc1.Cl. The first kappa shape index (κ1) is 24.3. The zero-order chi connectivity index (χ0) is 19.7. The summed E-state index contributed by atoms with van der Waals surface area (Å²) in [6.07, 6.45) is -1.13. The highest BCUT2D eigenvalue weighted by Crippen LogP contribution is 2.30. The van der Waals surface area contributed by atoms with Crippen molar-refractivity contribution >= 4 is 18.4 Å². The average molecular weight is 422 g/mol. The van der Waals surface area contributed by atoms with E-state index in [-0.39, 0.29) is 24.8 Å². The van der Waals surface area contributed by atoms with Gasteiger partial charge in [0.05, 0.1) is 13.2 Å². The number of benzene rings is 1. The fraction of sp³-hybridized carbons (Fsp3) is 0.550. The van der Waals surface area contributed by atoms with Crippen molar-refractivity contribution in [1.29, 1.82) is 0 Å². The van der Waals surface area contributed by atoms with Crippen LogP contribution in [0.25, 0.3) is 0 Å². The standard InChI is InChI=1S/C20H26F3NO3.ClH/c1-2-26-19(25)4-3-15-27-18-7-5-16(6-8-18)9-12-24-13-10-17(11-14-24)20(21,22)23;/h5-8,10H,2-4,9,11-15H2,1H3;1H. The maximum absolute atomic E-state index is 12.6. The zero-order valence-corrected chi connectivity index (χ0v) is 16.8. The molecule has 0 spiro atoms. The summed E-state index contributed by atoms with van der Waals surface area (Å²) < 4.78 is 48.3. The van der Waals surface area contributed by atoms with Crippen LogP contribution in [0.5, 0.6) is 5.75 Å². The first-order valence-electron chi connectivity index (χ1n) is 9.24. The van der Waals surface area contributed by atoms with Crippen LogP contribution in [-0.2, 0) is 16.0 Å². The fourth-order valence-corrected chi connectivity index (χ4v) is 2.85. The Morgan fingerprint density at radius 2 is 1.93 bits per heavy atom. The second-order valence-electron chi connectivity index (χ2n) is 6.43. The Labute approximate surface area is 170 Å². The van der Waals surface area contributed by atoms with Crippen molar-refractivity contribution in [2.24, 2.45) is 0 Å². The van der Waals surface area contributed by atoms with E-state index in [1.165, 1.54) is 6.08 Å². The molecule has 158 valence electrons. The minimum absolute atomic E-state index is 0. The molecule has 1 aromatic carbocycles. The molecule has 0 bridgehead atoms. The Morgan fingerprint density at radius 3 is 2.50 bits per heavy atom. The van der Waals surface area contributed by atoms with Gasteiger partial charge < -0.3 is 9.47 Å². The number of ether oxygens (including phenoxy) is 2. The molecule has 0 fully saturated rings. The Balaban J connectivity index is 0.00000392. The lowest BCUT2D eigenvalue weighted by Crippen LogP contribution is -2.33. The van der Waals surface area contributed by atoms with Crippen molar-refractivity contribution in [3.05, 3.63) is 41.5 Å². The first-order chi connectivity index (χ1) is 12.9. The summed E-state index contributed by atoms with van der Waals surface area (Å²) >= 11 is 0. The van der Waals surface area contributed by atoms with Crippen LogP contribution >= 0.6 is 12.4 Å². The van der Waals surface area contributed by atoms with E-state index in [4.69, 9.17) is 9.47 Å². The summed E-state index contributed by atoms with van der Waals surface area (Å²) in [6, 6.07) is 7.67. The number of nitrogens with zero attached hydrogens (tertiary/aromatic N) is 1. The highest BCUT2D eigenvalue weighted by atomic mass is 35.5. The van der Waals surface area contributed by atoms with Gasteiger partial charge in [-0.2, -0.15) is 13.2 Å². The molecule has 0 saturated carbocycles. The van der Waals surface area contributed by atoms with Crippen molar-refractivity contribution in [3.8, 4) is 5.75 Å². The van der Waals surface area contributed by atoms with Gasteiger partial charge in [0.25, 0.3) is 0 Å². The first-order valence-corrected chi connectivity index (χ1v) is 9.24. The van der Waals surface area contributed by atoms with E-state index >= 15 is 0 Å². The van der Waals surface area contributed by atoms with Crippen LogP contribution in [0.2, 0.25) is 0 Å². The van der Waals surface area contributed by atoms with E-state index in [0.717, 1.165) is 24.3 Å². The lowest BCUT2D eigenvalue weighted by molar-refractivity contribution is -0.143. The van der Waals surface area contributed by atoms with Crippen molar-refractivity contribution in [2.45, 2.75) is 38.8 Å². The number of alkyl halides is 3. The topological polar surface area (TPSA) is 38.8 Å². The van der Waals surface area contributed by atoms with Gasteiger partial charge in [-0.15, -0.1) is 12.4 Å². The molecule has 0 aromatic heterocycles. The van der Waals surface area contributed by atoms with Gasteiger partial charge in [0.1, 0.15) is 5.75 Å². The van der Waals surface area contributed by atoms with E-state index in [1.54, 1.807) is 6.92 Å². The Kier molecular flexibility index (Phi) is 10.4. The maximum Gasteiger partial charge on any atom is 0.412 e. The number of halogens is 4. The van der Waals surface area contributed by atoms with Crippen molar-refractivity contribution in [3.63, 3.8) is 0 Å². The Bertz CT molecular complexity index is 633. The van der Waals surface area contributed by atoms with Crippen molar-refractivity contribution in [2.75, 3.05) is 32.8 Å². The number of esters is 1. The van der Waals surface area contributed by atoms with Gasteiger partial charge >= 0.3 is 12.1 Å². The number of hydrogen-bond donors (Lipinski definition) is 0. The molecule has 2 rings (SSSR count). The van der Waals surface area contributed by atoms with Crippen LogP contribution in [0.3, 0.4) is 0 Å². The normalized spacial score (nSPS) is 14.8. The molecule has 8 heteroatoms. The summed E-state index contributed by atoms with van der Waals surface area (Å²) in [4.78, 5) is 13.3. The molecule has 1 aromatic rings. The van der Waals surface area contributed by atoms with E-state index in [2.05, 4.69) is 0 Å². The van der Waals surface area contributed by atoms with E-state index in [1.807, 2.05) is 29.2 Å². The van der Waals surface area contributed by atoms with Gasteiger partial charge in [-0.1, -0.05) is 18.2 Å². The number of carbonyl (C=O) groups excluding carboxylic acids is 1. The fourth-order valence-electron chi connectivity index (χ4n) is 2.85. The number of hydrogen-bond acceptors (Lipinski definition) is 4. The van der Waals surface area contributed by atoms with Gasteiger partial charge in [-0.05, 0) is 43.9 Å². The molecule has 1 aliphatic heterocycles. The van der Waals surface area contributed by atoms with E-state index in [0.29, 0.717) is 39.1 Å². The molecule has 0 atom stereocenters. The van der Waals surface area contributed by atoms with Crippen LogP contribution in [0.1, 0.15) is 31.7 Å². The molecule has 0 unspecified atom stereocenters. The minimum Gasteiger partial charge on any atom is -0.494 e. The van der Waals surface area contributed by atoms with Crippen molar-refractivity contribution in [1.82, 2.24) is 4.90 Å². The number of rotatable bonds is 9. The third-order valence-corrected chi connectivity index (χ3v) is 4.40. The second-order valence-corrected chi connectivity index (χ2v) is 6.43. The summed E-state index contributed by atoms with van der Waals surface area (Å²) in [7, 11) is 0. The molecule has 0 radical (unpaired) electrons. The van der Waals surface area contributed by atoms with E-state index < -0.39 is 11.7 Å². The van der Waals surface area contributed by atoms with Gasteiger partial charge in [0, 0.05) is 31.6 Å². The smallest absolute Gasteiger partial charge is 0.412 e. The molecular formula is C20H27ClF3NO3. The van der Waals surface area contributed by atoms with E-state index in [9.17, 15) is 18.0 Å². The highest BCUT2D eigenvalue weighted by molar-refractivity contribution is 5.85. The molecule has 4 nitrogen and oxygen atoms in total. The summed E-state index contributed by atoms with van der Waals surface area (Å²) in [5.74, 6) is 0.518. The quantitative estimate of drug-likeness (QED) is 0.332. The maximum atomic E-state index is 12.6. The van der Waals surface area contributed by atoms with Crippen LogP contribution in [0, 0.1) is 0 Å². The molecule has 28 heavy (non-hydrogen) atoms. The Morgan fingerprint density at radius 1 is 1.21 bits per heavy atom. The van der Waals surface area contributed by atoms with Crippen LogP contribution in [-0.4, -0.2) is 49.9 Å². The molecule has 0 saturated heterocycles. The zero-order valence-electron chi connectivity index (χ0n) is 16.0. The van der Waals surface area contributed by atoms with Crippen molar-refractivity contribution < 1.29 is 27.4 Å². The predicted molar refractivity (Wildman–Crippen MR) is 104 cm³/mol. The van der Waals surface area contributed by atoms with Gasteiger partial charge in [-0.25, -0.2) is 0 Å². The minimum atomic E-state index is -4.20. The number of carbonyl (C=O) groups is 1. The summed E-state index contributed by atoms with van der Waals surface area (Å²) in [6.45, 7) is 4.11. The van der Waals surface area contributed by atoms with Gasteiger partial charge in [-0.3, -0.25) is 9.69 Å². The summed E-state index contributed by atoms with van der Waals surface area (Å²) in [5.41, 5.74) is 0.697. The van der Waals surface area contributed by atoms with Crippen LogP contribution in [0.15, 0.2) is 35.9 Å².